The van der Waals surface area contributed by atoms with Crippen molar-refractivity contribution in [2.45, 2.75) is 13.5 Å². The van der Waals surface area contributed by atoms with Crippen molar-refractivity contribution < 1.29 is 14.3 Å². The number of methoxy groups -OCH3 is 1. The molecule has 2 aromatic carbocycles. The second-order valence-corrected chi connectivity index (χ2v) is 5.15. The van der Waals surface area contributed by atoms with Gasteiger partial charge in [-0.05, 0) is 36.2 Å². The monoisotopic (exact) mass is 299 g/mol. The summed E-state index contributed by atoms with van der Waals surface area (Å²) in [6.07, 6.45) is 0. The fraction of sp³-hybridized carbons (Fsp3) is 0.278. The third-order valence-corrected chi connectivity index (χ3v) is 3.45. The van der Waals surface area contributed by atoms with Gasteiger partial charge in [-0.1, -0.05) is 30.3 Å². The number of hydrogen-bond donors (Lipinski definition) is 0. The van der Waals surface area contributed by atoms with Crippen LogP contribution in [0.5, 0.6) is 11.5 Å². The minimum absolute atomic E-state index is 0.0392. The van der Waals surface area contributed by atoms with Gasteiger partial charge < -0.3 is 14.4 Å². The largest absolute Gasteiger partial charge is 0.497 e. The molecule has 116 valence electrons. The summed E-state index contributed by atoms with van der Waals surface area (Å²) in [6, 6.07) is 15.3. The van der Waals surface area contributed by atoms with Gasteiger partial charge in [-0.15, -0.1) is 0 Å². The highest BCUT2D eigenvalue weighted by Gasteiger charge is 2.11. The van der Waals surface area contributed by atoms with E-state index >= 15 is 0 Å². The van der Waals surface area contributed by atoms with Gasteiger partial charge in [0.2, 0.25) is 0 Å². The quantitative estimate of drug-likeness (QED) is 0.823. The first-order valence-corrected chi connectivity index (χ1v) is 7.15. The summed E-state index contributed by atoms with van der Waals surface area (Å²) in [7, 11) is 3.40. The van der Waals surface area contributed by atoms with Gasteiger partial charge in [0.25, 0.3) is 5.91 Å². The molecule has 2 aromatic rings. The molecule has 2 rings (SSSR count). The normalized spacial score (nSPS) is 10.1. The molecule has 0 saturated heterocycles. The maximum Gasteiger partial charge on any atom is 0.260 e. The Kier molecular flexibility index (Phi) is 5.42. The molecule has 4 nitrogen and oxygen atoms in total. The van der Waals surface area contributed by atoms with E-state index in [4.69, 9.17) is 9.47 Å². The minimum atomic E-state index is -0.0564. The zero-order chi connectivity index (χ0) is 15.9. The Morgan fingerprint density at radius 1 is 1.09 bits per heavy atom. The number of hydrogen-bond acceptors (Lipinski definition) is 3. The SMILES string of the molecule is COc1ccc(CN(C)C(=O)COc2ccccc2C)cc1. The first kappa shape index (κ1) is 15.9. The number of carbonyl (C=O) groups is 1. The van der Waals surface area contributed by atoms with Gasteiger partial charge in [0.15, 0.2) is 6.61 Å². The third kappa shape index (κ3) is 4.25. The topological polar surface area (TPSA) is 38.8 Å². The predicted molar refractivity (Wildman–Crippen MR) is 86.1 cm³/mol. The number of carbonyl (C=O) groups excluding carboxylic acids is 1. The molecule has 0 radical (unpaired) electrons. The van der Waals surface area contributed by atoms with Gasteiger partial charge in [-0.2, -0.15) is 0 Å². The van der Waals surface area contributed by atoms with E-state index in [1.165, 1.54) is 0 Å². The smallest absolute Gasteiger partial charge is 0.260 e. The number of rotatable bonds is 6. The lowest BCUT2D eigenvalue weighted by Gasteiger charge is -2.18. The molecule has 0 aliphatic carbocycles. The summed E-state index contributed by atoms with van der Waals surface area (Å²) in [4.78, 5) is 13.8. The van der Waals surface area contributed by atoms with Crippen LogP contribution in [0, 0.1) is 6.92 Å². The fourth-order valence-corrected chi connectivity index (χ4v) is 2.06. The van der Waals surface area contributed by atoms with E-state index in [2.05, 4.69) is 0 Å². The van der Waals surface area contributed by atoms with Crippen LogP contribution in [0.2, 0.25) is 0 Å². The number of ether oxygens (including phenoxy) is 2. The molecule has 22 heavy (non-hydrogen) atoms. The molecular formula is C18H21NO3. The van der Waals surface area contributed by atoms with Gasteiger partial charge in [0, 0.05) is 13.6 Å². The molecule has 4 heteroatoms. The molecule has 0 atom stereocenters. The molecule has 0 aliphatic heterocycles. The van der Waals surface area contributed by atoms with E-state index < -0.39 is 0 Å². The highest BCUT2D eigenvalue weighted by atomic mass is 16.5. The molecule has 0 heterocycles. The van der Waals surface area contributed by atoms with Crippen molar-refractivity contribution in [3.05, 3.63) is 59.7 Å². The van der Waals surface area contributed by atoms with Gasteiger partial charge in [-0.25, -0.2) is 0 Å². The zero-order valence-corrected chi connectivity index (χ0v) is 13.2. The van der Waals surface area contributed by atoms with E-state index in [-0.39, 0.29) is 12.5 Å². The van der Waals surface area contributed by atoms with Crippen molar-refractivity contribution in [1.82, 2.24) is 4.90 Å². The van der Waals surface area contributed by atoms with Crippen molar-refractivity contribution in [3.63, 3.8) is 0 Å². The van der Waals surface area contributed by atoms with Gasteiger partial charge in [-0.3, -0.25) is 4.79 Å². The van der Waals surface area contributed by atoms with Gasteiger partial charge in [0.05, 0.1) is 7.11 Å². The average molecular weight is 299 g/mol. The number of amides is 1. The fourth-order valence-electron chi connectivity index (χ4n) is 2.06. The molecule has 1 amide bonds. The van der Waals surface area contributed by atoms with E-state index in [1.807, 2.05) is 55.5 Å². The molecule has 0 bridgehead atoms. The standard InChI is InChI=1S/C18H21NO3/c1-14-6-4-5-7-17(14)22-13-18(20)19(2)12-15-8-10-16(21-3)11-9-15/h4-11H,12-13H2,1-3H3. The van der Waals surface area contributed by atoms with Crippen LogP contribution in [0.1, 0.15) is 11.1 Å². The maximum atomic E-state index is 12.1. The second kappa shape index (κ2) is 7.50. The highest BCUT2D eigenvalue weighted by molar-refractivity contribution is 5.77. The van der Waals surface area contributed by atoms with Crippen LogP contribution >= 0.6 is 0 Å². The lowest BCUT2D eigenvalue weighted by molar-refractivity contribution is -0.132. The molecule has 0 fully saturated rings. The molecule has 0 aromatic heterocycles. The van der Waals surface area contributed by atoms with Gasteiger partial charge in [0.1, 0.15) is 11.5 Å². The summed E-state index contributed by atoms with van der Waals surface area (Å²) >= 11 is 0. The Labute approximate surface area is 131 Å². The Morgan fingerprint density at radius 3 is 2.41 bits per heavy atom. The lowest BCUT2D eigenvalue weighted by Crippen LogP contribution is -2.31. The third-order valence-electron chi connectivity index (χ3n) is 3.45. The van der Waals surface area contributed by atoms with Crippen molar-refractivity contribution >= 4 is 5.91 Å². The van der Waals surface area contributed by atoms with Crippen molar-refractivity contribution in [3.8, 4) is 11.5 Å². The van der Waals surface area contributed by atoms with Crippen LogP contribution in [-0.2, 0) is 11.3 Å². The van der Waals surface area contributed by atoms with E-state index in [0.29, 0.717) is 6.54 Å². The van der Waals surface area contributed by atoms with Crippen LogP contribution in [-0.4, -0.2) is 31.6 Å². The maximum absolute atomic E-state index is 12.1. The zero-order valence-electron chi connectivity index (χ0n) is 13.2. The van der Waals surface area contributed by atoms with Gasteiger partial charge >= 0.3 is 0 Å². The summed E-state index contributed by atoms with van der Waals surface area (Å²) < 4.78 is 10.7. The van der Waals surface area contributed by atoms with E-state index in [9.17, 15) is 4.79 Å². The molecule has 0 aliphatic rings. The number of benzene rings is 2. The Bertz CT molecular complexity index is 622. The highest BCUT2D eigenvalue weighted by Crippen LogP contribution is 2.16. The first-order chi connectivity index (χ1) is 10.6. The summed E-state index contributed by atoms with van der Waals surface area (Å²) in [6.45, 7) is 2.54. The van der Waals surface area contributed by atoms with Crippen LogP contribution < -0.4 is 9.47 Å². The van der Waals surface area contributed by atoms with Crippen molar-refractivity contribution in [1.29, 1.82) is 0 Å². The summed E-state index contributed by atoms with van der Waals surface area (Å²) in [5.74, 6) is 1.49. The summed E-state index contributed by atoms with van der Waals surface area (Å²) in [5, 5.41) is 0. The Balaban J connectivity index is 1.87. The molecular weight excluding hydrogens is 278 g/mol. The van der Waals surface area contributed by atoms with Crippen molar-refractivity contribution in [2.24, 2.45) is 0 Å². The van der Waals surface area contributed by atoms with Crippen LogP contribution in [0.3, 0.4) is 0 Å². The molecule has 0 saturated carbocycles. The molecule has 0 spiro atoms. The Morgan fingerprint density at radius 2 is 1.77 bits per heavy atom. The number of aryl methyl sites for hydroxylation is 1. The minimum Gasteiger partial charge on any atom is -0.497 e. The second-order valence-electron chi connectivity index (χ2n) is 5.15. The lowest BCUT2D eigenvalue weighted by atomic mass is 10.2. The molecule has 0 N–H and O–H groups in total. The number of para-hydroxylation sites is 1. The average Bonchev–Trinajstić information content (AvgIpc) is 2.54. The van der Waals surface area contributed by atoms with E-state index in [0.717, 1.165) is 22.6 Å². The van der Waals surface area contributed by atoms with Crippen LogP contribution in [0.4, 0.5) is 0 Å². The number of likely N-dealkylation sites (N-methyl/N-ethyl adjacent to an activating group) is 1. The molecule has 0 unspecified atom stereocenters. The van der Waals surface area contributed by atoms with Crippen LogP contribution in [0.15, 0.2) is 48.5 Å². The predicted octanol–water partition coefficient (Wildman–Crippen LogP) is 3.04. The Hall–Kier alpha value is -2.49. The summed E-state index contributed by atoms with van der Waals surface area (Å²) in [5.41, 5.74) is 2.07. The van der Waals surface area contributed by atoms with Crippen LogP contribution in [0.25, 0.3) is 0 Å². The first-order valence-electron chi connectivity index (χ1n) is 7.15. The van der Waals surface area contributed by atoms with E-state index in [1.54, 1.807) is 19.1 Å². The number of nitrogens with zero attached hydrogens (tertiary/aromatic N) is 1. The van der Waals surface area contributed by atoms with Crippen molar-refractivity contribution in [2.75, 3.05) is 20.8 Å².